The minimum absolute atomic E-state index is 0.224. The molecule has 28 heavy (non-hydrogen) atoms. The minimum Gasteiger partial charge on any atom is -0.497 e. The van der Waals surface area contributed by atoms with E-state index in [1.165, 1.54) is 5.56 Å². The summed E-state index contributed by atoms with van der Waals surface area (Å²) in [4.78, 5) is 16.9. The van der Waals surface area contributed by atoms with Crippen LogP contribution in [0.25, 0.3) is 0 Å². The third kappa shape index (κ3) is 4.49. The maximum Gasteiger partial charge on any atom is 0.257 e. The molecule has 0 unspecified atom stereocenters. The first-order chi connectivity index (χ1) is 13.5. The molecule has 144 valence electrons. The van der Waals surface area contributed by atoms with Gasteiger partial charge in [-0.05, 0) is 42.2 Å². The van der Waals surface area contributed by atoms with E-state index in [2.05, 4.69) is 54.6 Å². The van der Waals surface area contributed by atoms with Gasteiger partial charge in [-0.25, -0.2) is 0 Å². The number of carbonyl (C=O) groups is 1. The molecule has 0 radical (unpaired) electrons. The molecule has 0 aliphatic carbocycles. The molecule has 2 aromatic carbocycles. The summed E-state index contributed by atoms with van der Waals surface area (Å²) in [6.07, 6.45) is 3.28. The van der Waals surface area contributed by atoms with Gasteiger partial charge in [0.1, 0.15) is 5.75 Å². The number of aryl methyl sites for hydroxylation is 1. The van der Waals surface area contributed by atoms with Crippen LogP contribution in [0.5, 0.6) is 5.75 Å². The fourth-order valence-electron chi connectivity index (χ4n) is 3.02. The summed E-state index contributed by atoms with van der Waals surface area (Å²) in [5.74, 6) is 0.847. The number of amides is 1. The molecule has 5 heteroatoms. The average Bonchev–Trinajstić information content (AvgIpc) is 2.69. The van der Waals surface area contributed by atoms with Crippen LogP contribution < -0.4 is 15.4 Å². The Morgan fingerprint density at radius 2 is 1.82 bits per heavy atom. The van der Waals surface area contributed by atoms with Gasteiger partial charge >= 0.3 is 0 Å². The van der Waals surface area contributed by atoms with Crippen molar-refractivity contribution in [2.75, 3.05) is 17.7 Å². The first kappa shape index (κ1) is 19.4. The molecule has 0 aliphatic heterocycles. The van der Waals surface area contributed by atoms with Gasteiger partial charge in [-0.3, -0.25) is 9.78 Å². The van der Waals surface area contributed by atoms with Crippen molar-refractivity contribution >= 4 is 23.0 Å². The number of anilines is 3. The molecule has 0 saturated heterocycles. The number of rotatable bonds is 6. The van der Waals surface area contributed by atoms with E-state index in [1.54, 1.807) is 31.6 Å². The Hall–Kier alpha value is -3.34. The summed E-state index contributed by atoms with van der Waals surface area (Å²) in [6, 6.07) is 15.3. The highest BCUT2D eigenvalue weighted by Crippen LogP contribution is 2.30. The molecular weight excluding hydrogens is 350 g/mol. The molecule has 0 aliphatic rings. The summed E-state index contributed by atoms with van der Waals surface area (Å²) in [5.41, 5.74) is 5.36. The summed E-state index contributed by atoms with van der Waals surface area (Å²) in [7, 11) is 1.59. The van der Waals surface area contributed by atoms with Gasteiger partial charge in [0, 0.05) is 23.6 Å². The van der Waals surface area contributed by atoms with Crippen LogP contribution in [0.15, 0.2) is 60.9 Å². The Morgan fingerprint density at radius 3 is 2.57 bits per heavy atom. The standard InChI is InChI=1S/C23H25N3O2/c1-15(2)21-10-5-7-16(3)22(21)25-19-11-17(13-24-14-19)23(27)26-18-8-6-9-20(12-18)28-4/h5-15,25H,1-4H3,(H,26,27). The van der Waals surface area contributed by atoms with E-state index in [4.69, 9.17) is 4.74 Å². The van der Waals surface area contributed by atoms with Crippen LogP contribution in [0, 0.1) is 6.92 Å². The van der Waals surface area contributed by atoms with E-state index < -0.39 is 0 Å². The van der Waals surface area contributed by atoms with Crippen LogP contribution in [-0.2, 0) is 0 Å². The molecular formula is C23H25N3O2. The first-order valence-corrected chi connectivity index (χ1v) is 9.25. The molecule has 3 rings (SSSR count). The molecule has 0 atom stereocenters. The number of nitrogens with one attached hydrogen (secondary N) is 2. The quantitative estimate of drug-likeness (QED) is 0.596. The molecule has 5 nitrogen and oxygen atoms in total. The number of methoxy groups -OCH3 is 1. The zero-order chi connectivity index (χ0) is 20.1. The Bertz CT molecular complexity index is 983. The van der Waals surface area contributed by atoms with Crippen molar-refractivity contribution in [1.29, 1.82) is 0 Å². The predicted octanol–water partition coefficient (Wildman–Crippen LogP) is 5.52. The number of carbonyl (C=O) groups excluding carboxylic acids is 1. The Balaban J connectivity index is 1.82. The van der Waals surface area contributed by atoms with Gasteiger partial charge in [-0.2, -0.15) is 0 Å². The molecule has 0 fully saturated rings. The summed E-state index contributed by atoms with van der Waals surface area (Å²) < 4.78 is 5.20. The summed E-state index contributed by atoms with van der Waals surface area (Å²) >= 11 is 0. The average molecular weight is 375 g/mol. The number of pyridine rings is 1. The van der Waals surface area contributed by atoms with Crippen LogP contribution in [0.3, 0.4) is 0 Å². The minimum atomic E-state index is -0.224. The van der Waals surface area contributed by atoms with Gasteiger partial charge in [0.25, 0.3) is 5.91 Å². The number of hydrogen-bond acceptors (Lipinski definition) is 4. The second kappa shape index (κ2) is 8.57. The maximum absolute atomic E-state index is 12.6. The predicted molar refractivity (Wildman–Crippen MR) is 114 cm³/mol. The molecule has 2 N–H and O–H groups in total. The van der Waals surface area contributed by atoms with Gasteiger partial charge in [-0.15, -0.1) is 0 Å². The molecule has 0 bridgehead atoms. The lowest BCUT2D eigenvalue weighted by Gasteiger charge is -2.17. The van der Waals surface area contributed by atoms with Crippen molar-refractivity contribution in [2.45, 2.75) is 26.7 Å². The lowest BCUT2D eigenvalue weighted by Crippen LogP contribution is -2.12. The van der Waals surface area contributed by atoms with E-state index in [0.717, 1.165) is 16.9 Å². The fraction of sp³-hybridized carbons (Fsp3) is 0.217. The third-order valence-electron chi connectivity index (χ3n) is 4.52. The first-order valence-electron chi connectivity index (χ1n) is 9.25. The number of aromatic nitrogens is 1. The van der Waals surface area contributed by atoms with E-state index >= 15 is 0 Å². The van der Waals surface area contributed by atoms with Crippen molar-refractivity contribution in [3.05, 3.63) is 77.6 Å². The second-order valence-corrected chi connectivity index (χ2v) is 6.97. The van der Waals surface area contributed by atoms with E-state index in [1.807, 2.05) is 18.2 Å². The zero-order valence-electron chi connectivity index (χ0n) is 16.6. The molecule has 1 amide bonds. The van der Waals surface area contributed by atoms with Gasteiger partial charge < -0.3 is 15.4 Å². The zero-order valence-corrected chi connectivity index (χ0v) is 16.6. The number of hydrogen-bond donors (Lipinski definition) is 2. The molecule has 3 aromatic rings. The van der Waals surface area contributed by atoms with Crippen molar-refractivity contribution in [1.82, 2.24) is 4.98 Å². The van der Waals surface area contributed by atoms with Crippen LogP contribution in [0.2, 0.25) is 0 Å². The number of benzene rings is 2. The smallest absolute Gasteiger partial charge is 0.257 e. The lowest BCUT2D eigenvalue weighted by molar-refractivity contribution is 0.102. The van der Waals surface area contributed by atoms with E-state index in [-0.39, 0.29) is 5.91 Å². The fourth-order valence-corrected chi connectivity index (χ4v) is 3.02. The highest BCUT2D eigenvalue weighted by atomic mass is 16.5. The molecule has 1 aromatic heterocycles. The van der Waals surface area contributed by atoms with Crippen LogP contribution in [0.1, 0.15) is 41.3 Å². The molecule has 0 saturated carbocycles. The number of nitrogens with zero attached hydrogens (tertiary/aromatic N) is 1. The maximum atomic E-state index is 12.6. The third-order valence-corrected chi connectivity index (χ3v) is 4.52. The number of para-hydroxylation sites is 1. The highest BCUT2D eigenvalue weighted by Gasteiger charge is 2.12. The number of ether oxygens (including phenoxy) is 1. The highest BCUT2D eigenvalue weighted by molar-refractivity contribution is 6.04. The monoisotopic (exact) mass is 375 g/mol. The van der Waals surface area contributed by atoms with E-state index in [0.29, 0.717) is 22.9 Å². The summed E-state index contributed by atoms with van der Waals surface area (Å²) in [6.45, 7) is 6.40. The van der Waals surface area contributed by atoms with Crippen LogP contribution >= 0.6 is 0 Å². The van der Waals surface area contributed by atoms with Crippen molar-refractivity contribution < 1.29 is 9.53 Å². The van der Waals surface area contributed by atoms with Gasteiger partial charge in [0.2, 0.25) is 0 Å². The second-order valence-electron chi connectivity index (χ2n) is 6.97. The SMILES string of the molecule is COc1cccc(NC(=O)c2cncc(Nc3c(C)cccc3C(C)C)c2)c1. The Morgan fingerprint density at radius 1 is 1.04 bits per heavy atom. The normalized spacial score (nSPS) is 10.6. The van der Waals surface area contributed by atoms with Crippen LogP contribution in [-0.4, -0.2) is 18.0 Å². The van der Waals surface area contributed by atoms with Crippen molar-refractivity contribution in [2.24, 2.45) is 0 Å². The Kier molecular flexibility index (Phi) is 5.94. The van der Waals surface area contributed by atoms with Gasteiger partial charge in [0.15, 0.2) is 0 Å². The van der Waals surface area contributed by atoms with Gasteiger partial charge in [-0.1, -0.05) is 38.1 Å². The van der Waals surface area contributed by atoms with Crippen molar-refractivity contribution in [3.63, 3.8) is 0 Å². The summed E-state index contributed by atoms with van der Waals surface area (Å²) in [5, 5.41) is 6.32. The van der Waals surface area contributed by atoms with Crippen LogP contribution in [0.4, 0.5) is 17.1 Å². The van der Waals surface area contributed by atoms with E-state index in [9.17, 15) is 4.79 Å². The Labute approximate surface area is 165 Å². The lowest BCUT2D eigenvalue weighted by atomic mass is 9.98. The largest absolute Gasteiger partial charge is 0.497 e. The van der Waals surface area contributed by atoms with Gasteiger partial charge in [0.05, 0.1) is 24.6 Å². The van der Waals surface area contributed by atoms with Crippen molar-refractivity contribution in [3.8, 4) is 5.75 Å². The molecule has 0 spiro atoms. The molecule has 1 heterocycles. The topological polar surface area (TPSA) is 63.2 Å².